The zero-order valence-electron chi connectivity index (χ0n) is 10.3. The fourth-order valence-electron chi connectivity index (χ4n) is 1.17. The van der Waals surface area contributed by atoms with Crippen LogP contribution in [0.15, 0.2) is 30.5 Å². The number of benzene rings is 1. The molecule has 15 heavy (non-hydrogen) atoms. The Morgan fingerprint density at radius 1 is 1.00 bits per heavy atom. The summed E-state index contributed by atoms with van der Waals surface area (Å²) in [6, 6.07) is 8.47. The van der Waals surface area contributed by atoms with Crippen molar-refractivity contribution in [3.05, 3.63) is 36.0 Å². The average molecular weight is 321 g/mol. The van der Waals surface area contributed by atoms with Crippen LogP contribution in [0.3, 0.4) is 0 Å². The van der Waals surface area contributed by atoms with Crippen LogP contribution in [0.2, 0.25) is 0 Å². The van der Waals surface area contributed by atoms with Gasteiger partial charge < -0.3 is 4.98 Å². The van der Waals surface area contributed by atoms with Gasteiger partial charge in [-0.15, -0.1) is 24.0 Å². The smallest absolute Gasteiger partial charge is 0.0454 e. The van der Waals surface area contributed by atoms with E-state index >= 15 is 0 Å². The molecule has 1 aromatic carbocycles. The van der Waals surface area contributed by atoms with Gasteiger partial charge in [0.15, 0.2) is 0 Å². The third-order valence-electron chi connectivity index (χ3n) is 1.71. The normalized spacial score (nSPS) is 7.80. The zero-order chi connectivity index (χ0) is 11.0. The molecule has 0 saturated carbocycles. The van der Waals surface area contributed by atoms with E-state index in [0.29, 0.717) is 0 Å². The second kappa shape index (κ2) is 10.0. The lowest BCUT2D eigenvalue weighted by Crippen LogP contribution is -1.69. The summed E-state index contributed by atoms with van der Waals surface area (Å²) in [5, 5.41) is 1.29. The largest absolute Gasteiger partial charge is 0.361 e. The van der Waals surface area contributed by atoms with Crippen molar-refractivity contribution in [3.63, 3.8) is 0 Å². The summed E-state index contributed by atoms with van der Waals surface area (Å²) in [5.74, 6) is 0. The number of rotatable bonds is 0. The maximum absolute atomic E-state index is 3.15. The summed E-state index contributed by atoms with van der Waals surface area (Å²) < 4.78 is 0. The van der Waals surface area contributed by atoms with E-state index in [1.807, 2.05) is 33.9 Å². The van der Waals surface area contributed by atoms with Crippen LogP contribution >= 0.6 is 24.0 Å². The molecule has 0 bridgehead atoms. The Balaban J connectivity index is -0.000000257. The lowest BCUT2D eigenvalue weighted by atomic mass is 10.2. The van der Waals surface area contributed by atoms with Gasteiger partial charge in [-0.1, -0.05) is 39.3 Å². The van der Waals surface area contributed by atoms with Gasteiger partial charge in [-0.25, -0.2) is 0 Å². The third kappa shape index (κ3) is 5.21. The van der Waals surface area contributed by atoms with E-state index in [-0.39, 0.29) is 25.4 Å². The summed E-state index contributed by atoms with van der Waals surface area (Å²) in [5.41, 5.74) is 2.53. The Bertz CT molecular complexity index is 357. The van der Waals surface area contributed by atoms with Gasteiger partial charge in [0.2, 0.25) is 0 Å². The van der Waals surface area contributed by atoms with Crippen molar-refractivity contribution in [3.8, 4) is 0 Å². The van der Waals surface area contributed by atoms with Crippen LogP contribution in [-0.4, -0.2) is 4.98 Å². The van der Waals surface area contributed by atoms with E-state index in [4.69, 9.17) is 0 Å². The van der Waals surface area contributed by atoms with E-state index in [1.54, 1.807) is 0 Å². The van der Waals surface area contributed by atoms with Gasteiger partial charge in [-0.3, -0.25) is 0 Å². The van der Waals surface area contributed by atoms with Gasteiger partial charge in [-0.2, -0.15) is 0 Å². The maximum atomic E-state index is 3.15. The number of fused-ring (bicyclic) bond motifs is 1. The molecule has 0 aliphatic heterocycles. The second-order valence-electron chi connectivity index (χ2n) is 2.57. The molecule has 2 aromatic rings. The number of nitrogens with one attached hydrogen (secondary N) is 1. The number of H-pyrrole nitrogens is 1. The molecule has 1 aromatic heterocycles. The molecule has 0 aliphatic carbocycles. The molecule has 0 saturated heterocycles. The molecule has 1 heterocycles. The molecular formula is C13H24IN. The predicted molar refractivity (Wildman–Crippen MR) is 83.3 cm³/mol. The number of halogens is 1. The van der Waals surface area contributed by atoms with Crippen LogP contribution in [-0.2, 0) is 0 Å². The van der Waals surface area contributed by atoms with Crippen molar-refractivity contribution in [2.24, 2.45) is 0 Å². The van der Waals surface area contributed by atoms with Crippen molar-refractivity contribution < 1.29 is 1.43 Å². The molecule has 2 heteroatoms. The van der Waals surface area contributed by atoms with Crippen molar-refractivity contribution in [1.82, 2.24) is 4.98 Å². The first-order valence-electron chi connectivity index (χ1n) is 5.40. The molecule has 0 radical (unpaired) electrons. The van der Waals surface area contributed by atoms with Crippen LogP contribution in [0.25, 0.3) is 10.9 Å². The Morgan fingerprint density at radius 2 is 1.60 bits per heavy atom. The first kappa shape index (κ1) is 16.9. The first-order valence-corrected chi connectivity index (χ1v) is 5.40. The quantitative estimate of drug-likeness (QED) is 0.626. The molecule has 0 spiro atoms. The highest BCUT2D eigenvalue weighted by atomic mass is 127. The summed E-state index contributed by atoms with van der Waals surface area (Å²) in [6.07, 6.45) is 1.96. The molecule has 88 valence electrons. The Hall–Kier alpha value is -0.510. The summed E-state index contributed by atoms with van der Waals surface area (Å²) in [4.78, 5) is 3.15. The van der Waals surface area contributed by atoms with Crippen LogP contribution in [0.5, 0.6) is 0 Å². The van der Waals surface area contributed by atoms with E-state index in [9.17, 15) is 0 Å². The van der Waals surface area contributed by atoms with Crippen molar-refractivity contribution in [1.29, 1.82) is 0 Å². The zero-order valence-corrected chi connectivity index (χ0v) is 12.6. The van der Waals surface area contributed by atoms with Crippen LogP contribution in [0.1, 0.15) is 34.7 Å². The van der Waals surface area contributed by atoms with Crippen molar-refractivity contribution in [2.45, 2.75) is 34.6 Å². The van der Waals surface area contributed by atoms with E-state index in [1.165, 1.54) is 16.5 Å². The fraction of sp³-hybridized carbons (Fsp3) is 0.385. The number of aryl methyl sites for hydroxylation is 1. The highest BCUT2D eigenvalue weighted by Gasteiger charge is 1.90. The number of aromatic nitrogens is 1. The molecular weight excluding hydrogens is 297 g/mol. The maximum Gasteiger partial charge on any atom is 0.0454 e. The van der Waals surface area contributed by atoms with Gasteiger partial charge in [0.1, 0.15) is 0 Å². The minimum Gasteiger partial charge on any atom is -0.361 e. The number of aromatic amines is 1. The Morgan fingerprint density at radius 3 is 2.20 bits per heavy atom. The molecule has 0 amide bonds. The minimum absolute atomic E-state index is 0. The van der Waals surface area contributed by atoms with Gasteiger partial charge in [0.05, 0.1) is 0 Å². The molecule has 0 aliphatic rings. The van der Waals surface area contributed by atoms with E-state index in [2.05, 4.69) is 36.2 Å². The van der Waals surface area contributed by atoms with Gasteiger partial charge >= 0.3 is 0 Å². The number of hydrogen-bond donors (Lipinski definition) is 1. The summed E-state index contributed by atoms with van der Waals surface area (Å²) in [6.45, 7) is 10.1. The molecule has 0 atom stereocenters. The van der Waals surface area contributed by atoms with Crippen molar-refractivity contribution in [2.75, 3.05) is 0 Å². The number of hydrogen-bond acceptors (Lipinski definition) is 0. The molecule has 1 nitrogen and oxygen atoms in total. The molecule has 0 unspecified atom stereocenters. The van der Waals surface area contributed by atoms with Crippen LogP contribution in [0.4, 0.5) is 0 Å². The van der Waals surface area contributed by atoms with Crippen molar-refractivity contribution >= 4 is 34.9 Å². The summed E-state index contributed by atoms with van der Waals surface area (Å²) >= 11 is 0. The van der Waals surface area contributed by atoms with Gasteiger partial charge in [0, 0.05) is 13.1 Å². The third-order valence-corrected chi connectivity index (χ3v) is 1.71. The van der Waals surface area contributed by atoms with Gasteiger partial charge in [0.25, 0.3) is 0 Å². The highest BCUT2D eigenvalue weighted by Crippen LogP contribution is 2.12. The van der Waals surface area contributed by atoms with Gasteiger partial charge in [-0.05, 0) is 30.5 Å². The average Bonchev–Trinajstić information content (AvgIpc) is 2.71. The van der Waals surface area contributed by atoms with Crippen LogP contribution < -0.4 is 0 Å². The highest BCUT2D eigenvalue weighted by molar-refractivity contribution is 14.0. The first-order chi connectivity index (χ1) is 6.86. The SMILES string of the molecule is CC.CC.Cc1ccc2[nH]ccc2c1.I.[HH]. The Kier molecular flexibility index (Phi) is 11.3. The van der Waals surface area contributed by atoms with E-state index in [0.717, 1.165) is 0 Å². The minimum atomic E-state index is 0. The lowest BCUT2D eigenvalue weighted by Gasteiger charge is -1.90. The molecule has 1 N–H and O–H groups in total. The molecule has 0 fully saturated rings. The predicted octanol–water partition coefficient (Wildman–Crippen LogP) is 5.39. The monoisotopic (exact) mass is 321 g/mol. The van der Waals surface area contributed by atoms with E-state index < -0.39 is 0 Å². The second-order valence-corrected chi connectivity index (χ2v) is 2.57. The molecule has 2 rings (SSSR count). The topological polar surface area (TPSA) is 15.8 Å². The summed E-state index contributed by atoms with van der Waals surface area (Å²) in [7, 11) is 0. The van der Waals surface area contributed by atoms with Crippen LogP contribution in [0, 0.1) is 6.92 Å². The Labute approximate surface area is 112 Å². The standard InChI is InChI=1S/C9H9N.2C2H6.HI.H2/c1-7-2-3-9-8(6-7)4-5-10-9;2*1-2;;/h2-6,10H,1H3;2*1-2H3;2*1H. The fourth-order valence-corrected chi connectivity index (χ4v) is 1.17. The lowest BCUT2D eigenvalue weighted by molar-refractivity contribution is 1.46.